The number of rotatable bonds is 10. The molecule has 0 fully saturated rings. The van der Waals surface area contributed by atoms with E-state index in [1.165, 1.54) is 6.92 Å². The van der Waals surface area contributed by atoms with Crippen molar-refractivity contribution in [3.8, 4) is 0 Å². The fourth-order valence-electron chi connectivity index (χ4n) is 2.18. The van der Waals surface area contributed by atoms with Gasteiger partial charge in [-0.2, -0.15) is 0 Å². The summed E-state index contributed by atoms with van der Waals surface area (Å²) in [6.07, 6.45) is -1.26. The molecule has 4 N–H and O–H groups in total. The van der Waals surface area contributed by atoms with E-state index in [9.17, 15) is 29.1 Å². The Hall–Kier alpha value is -3.23. The maximum absolute atomic E-state index is 12.3. The molecule has 140 valence electrons. The van der Waals surface area contributed by atoms with Crippen molar-refractivity contribution in [2.75, 3.05) is 0 Å². The first-order valence-corrected chi connectivity index (χ1v) is 7.76. The van der Waals surface area contributed by atoms with E-state index in [1.54, 1.807) is 30.3 Å². The number of hydrogen-bond donors (Lipinski definition) is 4. The fourth-order valence-corrected chi connectivity index (χ4v) is 2.18. The predicted molar refractivity (Wildman–Crippen MR) is 89.2 cm³/mol. The molecular weight excluding hydrogens is 344 g/mol. The molecule has 0 spiro atoms. The van der Waals surface area contributed by atoms with E-state index in [-0.39, 0.29) is 6.42 Å². The molecule has 0 aromatic heterocycles. The molecule has 2 atom stereocenters. The molecule has 1 aromatic carbocycles. The van der Waals surface area contributed by atoms with Gasteiger partial charge in [0.1, 0.15) is 17.9 Å². The molecule has 2 amide bonds. The van der Waals surface area contributed by atoms with Crippen LogP contribution < -0.4 is 10.6 Å². The van der Waals surface area contributed by atoms with Gasteiger partial charge in [0.15, 0.2) is 0 Å². The Morgan fingerprint density at radius 1 is 0.962 bits per heavy atom. The molecule has 0 aliphatic heterocycles. The van der Waals surface area contributed by atoms with Gasteiger partial charge in [0.2, 0.25) is 11.8 Å². The number of Topliss-reactive ketones (excluding diaryl/α,β-unsaturated/α-hetero) is 1. The first-order valence-electron chi connectivity index (χ1n) is 7.76. The number of carboxylic acid groups (broad SMARTS) is 2. The molecule has 0 saturated carbocycles. The molecule has 0 radical (unpaired) electrons. The van der Waals surface area contributed by atoms with Gasteiger partial charge in [0.25, 0.3) is 0 Å². The second-order valence-electron chi connectivity index (χ2n) is 5.69. The summed E-state index contributed by atoms with van der Waals surface area (Å²) in [6.45, 7) is 1.17. The standard InChI is InChI=1S/C17H20N2O7/c1-10(20)7-14(21)18-12(9-15(22)23)16(24)19-13(17(25)26)8-11-5-3-2-4-6-11/h2-6,12-13H,7-9H2,1H3,(H,18,21)(H,19,24)(H,22,23)(H,25,26)/t12-,13-/m0/s1. The number of hydrogen-bond acceptors (Lipinski definition) is 5. The maximum Gasteiger partial charge on any atom is 0.326 e. The zero-order valence-electron chi connectivity index (χ0n) is 14.1. The lowest BCUT2D eigenvalue weighted by Gasteiger charge is -2.20. The SMILES string of the molecule is CC(=O)CC(=O)N[C@@H](CC(=O)O)C(=O)N[C@@H](Cc1ccccc1)C(=O)O. The third kappa shape index (κ3) is 7.56. The van der Waals surface area contributed by atoms with Gasteiger partial charge in [-0.25, -0.2) is 4.79 Å². The largest absolute Gasteiger partial charge is 0.481 e. The summed E-state index contributed by atoms with van der Waals surface area (Å²) in [6, 6.07) is 5.77. The van der Waals surface area contributed by atoms with Crippen LogP contribution in [0.3, 0.4) is 0 Å². The van der Waals surface area contributed by atoms with Crippen LogP contribution in [0.5, 0.6) is 0 Å². The molecule has 0 unspecified atom stereocenters. The summed E-state index contributed by atoms with van der Waals surface area (Å²) >= 11 is 0. The Morgan fingerprint density at radius 2 is 1.58 bits per heavy atom. The molecule has 1 rings (SSSR count). The quantitative estimate of drug-likeness (QED) is 0.418. The number of ketones is 1. The van der Waals surface area contributed by atoms with Crippen molar-refractivity contribution < 1.29 is 34.2 Å². The fraction of sp³-hybridized carbons (Fsp3) is 0.353. The lowest BCUT2D eigenvalue weighted by Crippen LogP contribution is -2.53. The van der Waals surface area contributed by atoms with Gasteiger partial charge in [0, 0.05) is 6.42 Å². The van der Waals surface area contributed by atoms with Crippen LogP contribution >= 0.6 is 0 Å². The number of benzene rings is 1. The Morgan fingerprint density at radius 3 is 2.08 bits per heavy atom. The molecule has 9 heteroatoms. The number of carboxylic acids is 2. The number of amides is 2. The highest BCUT2D eigenvalue weighted by atomic mass is 16.4. The average molecular weight is 364 g/mol. The van der Waals surface area contributed by atoms with E-state index >= 15 is 0 Å². The van der Waals surface area contributed by atoms with Gasteiger partial charge in [-0.05, 0) is 12.5 Å². The topological polar surface area (TPSA) is 150 Å². The van der Waals surface area contributed by atoms with Gasteiger partial charge in [-0.1, -0.05) is 30.3 Å². The molecule has 26 heavy (non-hydrogen) atoms. The molecule has 0 bridgehead atoms. The van der Waals surface area contributed by atoms with Gasteiger partial charge >= 0.3 is 11.9 Å². The number of aliphatic carboxylic acids is 2. The van der Waals surface area contributed by atoms with Crippen molar-refractivity contribution in [3.05, 3.63) is 35.9 Å². The zero-order valence-corrected chi connectivity index (χ0v) is 14.1. The number of carbonyl (C=O) groups is 5. The minimum Gasteiger partial charge on any atom is -0.481 e. The van der Waals surface area contributed by atoms with E-state index < -0.39 is 54.5 Å². The highest BCUT2D eigenvalue weighted by Crippen LogP contribution is 2.05. The van der Waals surface area contributed by atoms with Gasteiger partial charge in [-0.15, -0.1) is 0 Å². The lowest BCUT2D eigenvalue weighted by atomic mass is 10.1. The zero-order chi connectivity index (χ0) is 19.7. The lowest BCUT2D eigenvalue weighted by molar-refractivity contribution is -0.143. The monoisotopic (exact) mass is 364 g/mol. The summed E-state index contributed by atoms with van der Waals surface area (Å²) in [7, 11) is 0. The third-order valence-corrected chi connectivity index (χ3v) is 3.34. The van der Waals surface area contributed by atoms with Crippen LogP contribution in [-0.4, -0.2) is 51.8 Å². The van der Waals surface area contributed by atoms with Crippen LogP contribution in [0.4, 0.5) is 0 Å². The molecule has 0 aliphatic carbocycles. The van der Waals surface area contributed by atoms with E-state index in [1.807, 2.05) is 0 Å². The third-order valence-electron chi connectivity index (χ3n) is 3.34. The van der Waals surface area contributed by atoms with Crippen LogP contribution in [0, 0.1) is 0 Å². The van der Waals surface area contributed by atoms with Gasteiger partial charge in [0.05, 0.1) is 12.8 Å². The molecule has 1 aromatic rings. The van der Waals surface area contributed by atoms with Crippen LogP contribution in [0.2, 0.25) is 0 Å². The summed E-state index contributed by atoms with van der Waals surface area (Å²) in [5, 5.41) is 22.5. The Kier molecular flexibility index (Phi) is 7.94. The van der Waals surface area contributed by atoms with Crippen LogP contribution in [0.1, 0.15) is 25.3 Å². The van der Waals surface area contributed by atoms with Crippen LogP contribution in [-0.2, 0) is 30.4 Å². The van der Waals surface area contributed by atoms with Crippen molar-refractivity contribution in [2.45, 2.75) is 38.3 Å². The second-order valence-corrected chi connectivity index (χ2v) is 5.69. The smallest absolute Gasteiger partial charge is 0.326 e. The van der Waals surface area contributed by atoms with E-state index in [2.05, 4.69) is 10.6 Å². The molecular formula is C17H20N2O7. The second kappa shape index (κ2) is 9.92. The highest BCUT2D eigenvalue weighted by Gasteiger charge is 2.28. The van der Waals surface area contributed by atoms with Crippen LogP contribution in [0.25, 0.3) is 0 Å². The summed E-state index contributed by atoms with van der Waals surface area (Å²) in [4.78, 5) is 57.2. The Balaban J connectivity index is 2.83. The van der Waals surface area contributed by atoms with Crippen molar-refractivity contribution >= 4 is 29.5 Å². The minimum absolute atomic E-state index is 0.0108. The Bertz CT molecular complexity index is 688. The molecule has 0 aliphatic rings. The normalized spacial score (nSPS) is 12.5. The van der Waals surface area contributed by atoms with E-state index in [0.717, 1.165) is 0 Å². The average Bonchev–Trinajstić information content (AvgIpc) is 2.53. The Labute approximate surface area is 149 Å². The van der Waals surface area contributed by atoms with Gasteiger partial charge in [-0.3, -0.25) is 19.2 Å². The van der Waals surface area contributed by atoms with Crippen molar-refractivity contribution in [1.82, 2.24) is 10.6 Å². The van der Waals surface area contributed by atoms with Crippen molar-refractivity contribution in [2.24, 2.45) is 0 Å². The summed E-state index contributed by atoms with van der Waals surface area (Å²) in [5.41, 5.74) is 0.663. The van der Waals surface area contributed by atoms with E-state index in [4.69, 9.17) is 5.11 Å². The van der Waals surface area contributed by atoms with Crippen molar-refractivity contribution in [1.29, 1.82) is 0 Å². The summed E-state index contributed by atoms with van der Waals surface area (Å²) in [5.74, 6) is -4.87. The maximum atomic E-state index is 12.3. The summed E-state index contributed by atoms with van der Waals surface area (Å²) < 4.78 is 0. The molecule has 9 nitrogen and oxygen atoms in total. The molecule has 0 heterocycles. The van der Waals surface area contributed by atoms with Crippen molar-refractivity contribution in [3.63, 3.8) is 0 Å². The number of nitrogens with one attached hydrogen (secondary N) is 2. The van der Waals surface area contributed by atoms with E-state index in [0.29, 0.717) is 5.56 Å². The van der Waals surface area contributed by atoms with Crippen LogP contribution in [0.15, 0.2) is 30.3 Å². The van der Waals surface area contributed by atoms with Gasteiger partial charge < -0.3 is 20.8 Å². The molecule has 0 saturated heterocycles. The first kappa shape index (κ1) is 20.8. The highest BCUT2D eigenvalue weighted by molar-refractivity contribution is 5.99. The minimum atomic E-state index is -1.49. The first-order chi connectivity index (χ1) is 12.2. The number of carbonyl (C=O) groups excluding carboxylic acids is 3. The predicted octanol–water partition coefficient (Wildman–Crippen LogP) is -0.263.